The number of nitrogens with one attached hydrogen (secondary N) is 2. The maximum absolute atomic E-state index is 11.7. The van der Waals surface area contributed by atoms with Crippen LogP contribution in [-0.4, -0.2) is 38.5 Å². The van der Waals surface area contributed by atoms with Gasteiger partial charge in [-0.2, -0.15) is 0 Å². The number of amides is 1. The smallest absolute Gasteiger partial charge is 0.262 e. The molecule has 7 nitrogen and oxygen atoms in total. The number of ether oxygens (including phenoxy) is 1. The summed E-state index contributed by atoms with van der Waals surface area (Å²) in [6.07, 6.45) is 1.19. The second-order valence-corrected chi connectivity index (χ2v) is 8.31. The zero-order valence-electron chi connectivity index (χ0n) is 12.2. The molecule has 0 atom stereocenters. The zero-order chi connectivity index (χ0) is 15.8. The Kier molecular flexibility index (Phi) is 3.75. The number of benzene rings is 1. The van der Waals surface area contributed by atoms with Crippen molar-refractivity contribution >= 4 is 32.8 Å². The van der Waals surface area contributed by atoms with Crippen molar-refractivity contribution in [1.82, 2.24) is 0 Å². The van der Waals surface area contributed by atoms with Gasteiger partial charge in [0.2, 0.25) is 0 Å². The highest BCUT2D eigenvalue weighted by atomic mass is 32.2. The van der Waals surface area contributed by atoms with E-state index in [2.05, 4.69) is 10.6 Å². The molecule has 0 saturated heterocycles. The Balaban J connectivity index is 2.22. The summed E-state index contributed by atoms with van der Waals surface area (Å²) in [6, 6.07) is 3.24. The number of hydrogen-bond acceptors (Lipinski definition) is 6. The van der Waals surface area contributed by atoms with Crippen LogP contribution in [0, 0.1) is 0 Å². The average Bonchev–Trinajstić information content (AvgIpc) is 2.35. The van der Waals surface area contributed by atoms with Gasteiger partial charge in [-0.25, -0.2) is 8.42 Å². The fourth-order valence-corrected chi connectivity index (χ4v) is 2.07. The van der Waals surface area contributed by atoms with E-state index in [1.165, 1.54) is 6.26 Å². The third-order valence-electron chi connectivity index (χ3n) is 3.49. The normalized spacial score (nSPS) is 14.9. The molecule has 0 radical (unpaired) electrons. The SMILES string of the molecule is CC(C)(CNc1cc2c(cc1N)OCC(=O)N2)S(C)(=O)=O. The fraction of sp³-hybridized carbons (Fsp3) is 0.462. The van der Waals surface area contributed by atoms with Gasteiger partial charge in [0, 0.05) is 18.9 Å². The van der Waals surface area contributed by atoms with E-state index in [0.29, 0.717) is 22.8 Å². The van der Waals surface area contributed by atoms with Gasteiger partial charge >= 0.3 is 0 Å². The minimum absolute atomic E-state index is 0.0413. The van der Waals surface area contributed by atoms with E-state index in [4.69, 9.17) is 10.5 Å². The number of fused-ring (bicyclic) bond motifs is 1. The molecule has 0 unspecified atom stereocenters. The Labute approximate surface area is 123 Å². The van der Waals surface area contributed by atoms with Gasteiger partial charge in [0.1, 0.15) is 5.75 Å². The van der Waals surface area contributed by atoms with Gasteiger partial charge in [0.25, 0.3) is 5.91 Å². The summed E-state index contributed by atoms with van der Waals surface area (Å²) in [4.78, 5) is 11.3. The lowest BCUT2D eigenvalue weighted by Crippen LogP contribution is -2.38. The Hall–Kier alpha value is -1.96. The van der Waals surface area contributed by atoms with E-state index in [9.17, 15) is 13.2 Å². The van der Waals surface area contributed by atoms with Crippen molar-refractivity contribution < 1.29 is 17.9 Å². The highest BCUT2D eigenvalue weighted by Crippen LogP contribution is 2.35. The standard InChI is InChI=1S/C13H19N3O4S/c1-13(2,21(3,18)19)7-15-9-5-10-11(4-8(9)14)20-6-12(17)16-10/h4-5,15H,6-7,14H2,1-3H3,(H,16,17). The van der Waals surface area contributed by atoms with Crippen molar-refractivity contribution in [2.24, 2.45) is 0 Å². The zero-order valence-corrected chi connectivity index (χ0v) is 13.0. The number of anilines is 3. The van der Waals surface area contributed by atoms with Crippen LogP contribution in [0.3, 0.4) is 0 Å². The Morgan fingerprint density at radius 2 is 2.10 bits per heavy atom. The summed E-state index contributed by atoms with van der Waals surface area (Å²) < 4.78 is 27.7. The van der Waals surface area contributed by atoms with Crippen LogP contribution in [-0.2, 0) is 14.6 Å². The van der Waals surface area contributed by atoms with Gasteiger partial charge in [-0.15, -0.1) is 0 Å². The second-order valence-electron chi connectivity index (χ2n) is 5.66. The third-order valence-corrected chi connectivity index (χ3v) is 5.64. The lowest BCUT2D eigenvalue weighted by atomic mass is 10.1. The number of sulfone groups is 1. The molecule has 0 saturated carbocycles. The molecule has 21 heavy (non-hydrogen) atoms. The van der Waals surface area contributed by atoms with Crippen molar-refractivity contribution in [3.63, 3.8) is 0 Å². The maximum Gasteiger partial charge on any atom is 0.262 e. The molecule has 1 aliphatic rings. The van der Waals surface area contributed by atoms with Crippen molar-refractivity contribution in [2.75, 3.05) is 35.8 Å². The monoisotopic (exact) mass is 313 g/mol. The summed E-state index contributed by atoms with van der Waals surface area (Å²) in [7, 11) is -3.21. The third kappa shape index (κ3) is 3.21. The summed E-state index contributed by atoms with van der Waals surface area (Å²) in [6.45, 7) is 3.42. The molecule has 1 aromatic carbocycles. The molecule has 1 aliphatic heterocycles. The van der Waals surface area contributed by atoms with Crippen molar-refractivity contribution in [3.8, 4) is 5.75 Å². The molecule has 0 spiro atoms. The number of nitrogens with two attached hydrogens (primary N) is 1. The van der Waals surface area contributed by atoms with E-state index < -0.39 is 14.6 Å². The van der Waals surface area contributed by atoms with Crippen LogP contribution in [0.5, 0.6) is 5.75 Å². The maximum atomic E-state index is 11.7. The van der Waals surface area contributed by atoms with E-state index >= 15 is 0 Å². The summed E-state index contributed by atoms with van der Waals surface area (Å²) in [5.41, 5.74) is 7.40. The minimum Gasteiger partial charge on any atom is -0.482 e. The quantitative estimate of drug-likeness (QED) is 0.710. The van der Waals surface area contributed by atoms with Gasteiger partial charge < -0.3 is 21.1 Å². The van der Waals surface area contributed by atoms with Gasteiger partial charge in [0.05, 0.1) is 21.8 Å². The van der Waals surface area contributed by atoms with E-state index in [1.54, 1.807) is 26.0 Å². The van der Waals surface area contributed by atoms with E-state index in [-0.39, 0.29) is 19.1 Å². The molecule has 1 aromatic rings. The van der Waals surface area contributed by atoms with Crippen molar-refractivity contribution in [1.29, 1.82) is 0 Å². The number of carbonyl (C=O) groups is 1. The Morgan fingerprint density at radius 1 is 1.43 bits per heavy atom. The van der Waals surface area contributed by atoms with Crippen LogP contribution in [0.25, 0.3) is 0 Å². The summed E-state index contributed by atoms with van der Waals surface area (Å²) in [5.74, 6) is 0.259. The summed E-state index contributed by atoms with van der Waals surface area (Å²) >= 11 is 0. The van der Waals surface area contributed by atoms with Crippen LogP contribution in [0.4, 0.5) is 17.1 Å². The van der Waals surface area contributed by atoms with Crippen LogP contribution in [0.15, 0.2) is 12.1 Å². The molecule has 116 valence electrons. The molecule has 8 heteroatoms. The highest BCUT2D eigenvalue weighted by molar-refractivity contribution is 7.92. The molecule has 1 amide bonds. The molecule has 0 aliphatic carbocycles. The van der Waals surface area contributed by atoms with Crippen molar-refractivity contribution in [3.05, 3.63) is 12.1 Å². The first-order chi connectivity index (χ1) is 9.60. The van der Waals surface area contributed by atoms with Gasteiger partial charge in [-0.3, -0.25) is 4.79 Å². The first-order valence-corrected chi connectivity index (χ1v) is 8.29. The molecule has 0 aromatic heterocycles. The Morgan fingerprint density at radius 3 is 2.71 bits per heavy atom. The molecular weight excluding hydrogens is 294 g/mol. The Bertz CT molecular complexity index is 683. The lowest BCUT2D eigenvalue weighted by molar-refractivity contribution is -0.118. The van der Waals surface area contributed by atoms with Gasteiger partial charge in [-0.05, 0) is 19.9 Å². The summed E-state index contributed by atoms with van der Waals surface area (Å²) in [5, 5.41) is 5.69. The van der Waals surface area contributed by atoms with Crippen LogP contribution in [0.1, 0.15) is 13.8 Å². The van der Waals surface area contributed by atoms with E-state index in [0.717, 1.165) is 0 Å². The van der Waals surface area contributed by atoms with E-state index in [1.807, 2.05) is 0 Å². The molecular formula is C13H19N3O4S. The van der Waals surface area contributed by atoms with Crippen molar-refractivity contribution in [2.45, 2.75) is 18.6 Å². The van der Waals surface area contributed by atoms with Crippen LogP contribution < -0.4 is 21.1 Å². The molecule has 4 N–H and O–H groups in total. The first-order valence-electron chi connectivity index (χ1n) is 6.40. The molecule has 0 bridgehead atoms. The van der Waals surface area contributed by atoms with Gasteiger partial charge in [0.15, 0.2) is 16.4 Å². The second kappa shape index (κ2) is 5.10. The fourth-order valence-electron chi connectivity index (χ4n) is 1.73. The topological polar surface area (TPSA) is 111 Å². The minimum atomic E-state index is -3.21. The largest absolute Gasteiger partial charge is 0.482 e. The molecule has 2 rings (SSSR count). The predicted octanol–water partition coefficient (Wildman–Crippen LogP) is 0.835. The number of hydrogen-bond donors (Lipinski definition) is 3. The number of nitrogen functional groups attached to an aromatic ring is 1. The molecule has 1 heterocycles. The number of carbonyl (C=O) groups excluding carboxylic acids is 1. The van der Waals surface area contributed by atoms with Gasteiger partial charge in [-0.1, -0.05) is 0 Å². The highest BCUT2D eigenvalue weighted by Gasteiger charge is 2.30. The predicted molar refractivity (Wildman–Crippen MR) is 82.4 cm³/mol. The molecule has 0 fully saturated rings. The van der Waals surface area contributed by atoms with Crippen LogP contribution in [0.2, 0.25) is 0 Å². The van der Waals surface area contributed by atoms with Crippen LogP contribution >= 0.6 is 0 Å². The average molecular weight is 313 g/mol. The lowest BCUT2D eigenvalue weighted by Gasteiger charge is -2.25. The number of rotatable bonds is 4. The first kappa shape index (κ1) is 15.4.